The van der Waals surface area contributed by atoms with Gasteiger partial charge >= 0.3 is 0 Å². The standard InChI is InChI=1S/C7H14O3/c1-5-3-6(8)7(10-5)4-9-2/h5-8H,3-4H2,1-2H3/t5-,6?,7-/m1/s1. The lowest BCUT2D eigenvalue weighted by molar-refractivity contribution is -0.0288. The van der Waals surface area contributed by atoms with E-state index in [2.05, 4.69) is 0 Å². The van der Waals surface area contributed by atoms with Gasteiger partial charge in [-0.15, -0.1) is 0 Å². The van der Waals surface area contributed by atoms with Crippen LogP contribution in [-0.2, 0) is 9.47 Å². The van der Waals surface area contributed by atoms with Crippen molar-refractivity contribution in [2.45, 2.75) is 31.7 Å². The maximum absolute atomic E-state index is 9.29. The molecule has 1 heterocycles. The second-order valence-corrected chi connectivity index (χ2v) is 2.74. The summed E-state index contributed by atoms with van der Waals surface area (Å²) in [4.78, 5) is 0. The second kappa shape index (κ2) is 3.32. The molecule has 3 nitrogen and oxygen atoms in total. The fourth-order valence-electron chi connectivity index (χ4n) is 1.25. The number of hydrogen-bond donors (Lipinski definition) is 1. The zero-order valence-corrected chi connectivity index (χ0v) is 6.41. The van der Waals surface area contributed by atoms with Gasteiger partial charge in [-0.05, 0) is 6.92 Å². The smallest absolute Gasteiger partial charge is 0.107 e. The van der Waals surface area contributed by atoms with Crippen LogP contribution in [0.1, 0.15) is 13.3 Å². The van der Waals surface area contributed by atoms with Crippen molar-refractivity contribution in [3.05, 3.63) is 0 Å². The van der Waals surface area contributed by atoms with Crippen molar-refractivity contribution in [1.29, 1.82) is 0 Å². The van der Waals surface area contributed by atoms with E-state index in [4.69, 9.17) is 9.47 Å². The van der Waals surface area contributed by atoms with Gasteiger partial charge in [-0.1, -0.05) is 0 Å². The first-order valence-corrected chi connectivity index (χ1v) is 3.56. The van der Waals surface area contributed by atoms with E-state index < -0.39 is 0 Å². The summed E-state index contributed by atoms with van der Waals surface area (Å²) in [5.41, 5.74) is 0. The molecule has 1 N–H and O–H groups in total. The van der Waals surface area contributed by atoms with E-state index in [1.807, 2.05) is 6.92 Å². The molecule has 3 atom stereocenters. The van der Waals surface area contributed by atoms with Crippen molar-refractivity contribution in [3.63, 3.8) is 0 Å². The third-order valence-corrected chi connectivity index (χ3v) is 1.74. The van der Waals surface area contributed by atoms with Crippen LogP contribution >= 0.6 is 0 Å². The highest BCUT2D eigenvalue weighted by molar-refractivity contribution is 4.79. The molecule has 3 heteroatoms. The minimum Gasteiger partial charge on any atom is -0.390 e. The van der Waals surface area contributed by atoms with Crippen LogP contribution in [0.4, 0.5) is 0 Å². The van der Waals surface area contributed by atoms with Gasteiger partial charge in [0.05, 0.1) is 18.8 Å². The van der Waals surface area contributed by atoms with Crippen molar-refractivity contribution < 1.29 is 14.6 Å². The van der Waals surface area contributed by atoms with Crippen LogP contribution in [0.25, 0.3) is 0 Å². The zero-order chi connectivity index (χ0) is 7.56. The first kappa shape index (κ1) is 7.98. The molecule has 0 bridgehead atoms. The van der Waals surface area contributed by atoms with Crippen LogP contribution in [-0.4, -0.2) is 37.1 Å². The van der Waals surface area contributed by atoms with Gasteiger partial charge in [-0.2, -0.15) is 0 Å². The summed E-state index contributed by atoms with van der Waals surface area (Å²) in [6.07, 6.45) is 0.457. The first-order valence-electron chi connectivity index (χ1n) is 3.56. The summed E-state index contributed by atoms with van der Waals surface area (Å²) in [7, 11) is 1.61. The lowest BCUT2D eigenvalue weighted by atomic mass is 10.1. The highest BCUT2D eigenvalue weighted by atomic mass is 16.5. The molecule has 0 radical (unpaired) electrons. The molecule has 60 valence electrons. The van der Waals surface area contributed by atoms with Gasteiger partial charge in [0.25, 0.3) is 0 Å². The van der Waals surface area contributed by atoms with Gasteiger partial charge in [0.2, 0.25) is 0 Å². The Labute approximate surface area is 60.9 Å². The molecule has 1 aliphatic rings. The second-order valence-electron chi connectivity index (χ2n) is 2.74. The van der Waals surface area contributed by atoms with E-state index in [-0.39, 0.29) is 18.3 Å². The van der Waals surface area contributed by atoms with Gasteiger partial charge in [-0.3, -0.25) is 0 Å². The molecule has 0 saturated carbocycles. The number of aliphatic hydroxyl groups excluding tert-OH is 1. The quantitative estimate of drug-likeness (QED) is 0.603. The number of rotatable bonds is 2. The van der Waals surface area contributed by atoms with Gasteiger partial charge in [-0.25, -0.2) is 0 Å². The average molecular weight is 146 g/mol. The zero-order valence-electron chi connectivity index (χ0n) is 6.41. The van der Waals surface area contributed by atoms with Crippen LogP contribution < -0.4 is 0 Å². The third-order valence-electron chi connectivity index (χ3n) is 1.74. The molecule has 1 aliphatic heterocycles. The van der Waals surface area contributed by atoms with Crippen molar-refractivity contribution in [2.24, 2.45) is 0 Å². The van der Waals surface area contributed by atoms with Crippen LogP contribution in [0.15, 0.2) is 0 Å². The van der Waals surface area contributed by atoms with E-state index in [0.29, 0.717) is 6.61 Å². The number of ether oxygens (including phenoxy) is 2. The minimum absolute atomic E-state index is 0.111. The summed E-state index contributed by atoms with van der Waals surface area (Å²) in [5.74, 6) is 0. The summed E-state index contributed by atoms with van der Waals surface area (Å²) in [6, 6.07) is 0. The predicted molar refractivity (Wildman–Crippen MR) is 36.8 cm³/mol. The summed E-state index contributed by atoms with van der Waals surface area (Å²) in [5, 5.41) is 9.29. The molecule has 0 aromatic carbocycles. The summed E-state index contributed by atoms with van der Waals surface area (Å²) in [6.45, 7) is 2.45. The van der Waals surface area contributed by atoms with Crippen LogP contribution in [0, 0.1) is 0 Å². The van der Waals surface area contributed by atoms with Gasteiger partial charge in [0, 0.05) is 13.5 Å². The van der Waals surface area contributed by atoms with Crippen LogP contribution in [0.5, 0.6) is 0 Å². The van der Waals surface area contributed by atoms with E-state index in [1.165, 1.54) is 0 Å². The van der Waals surface area contributed by atoms with Crippen molar-refractivity contribution in [2.75, 3.05) is 13.7 Å². The monoisotopic (exact) mass is 146 g/mol. The fraction of sp³-hybridized carbons (Fsp3) is 1.00. The Balaban J connectivity index is 2.31. The number of methoxy groups -OCH3 is 1. The molecule has 1 rings (SSSR count). The number of hydrogen-bond acceptors (Lipinski definition) is 3. The lowest BCUT2D eigenvalue weighted by Crippen LogP contribution is -2.25. The van der Waals surface area contributed by atoms with Gasteiger partial charge in [0.1, 0.15) is 6.10 Å². The molecule has 10 heavy (non-hydrogen) atoms. The van der Waals surface area contributed by atoms with E-state index in [9.17, 15) is 5.11 Å². The van der Waals surface area contributed by atoms with Crippen LogP contribution in [0.2, 0.25) is 0 Å². The van der Waals surface area contributed by atoms with Crippen molar-refractivity contribution in [1.82, 2.24) is 0 Å². The Hall–Kier alpha value is -0.120. The summed E-state index contributed by atoms with van der Waals surface area (Å²) < 4.78 is 10.2. The molecule has 0 aliphatic carbocycles. The highest BCUT2D eigenvalue weighted by Gasteiger charge is 2.30. The Kier molecular flexibility index (Phi) is 2.65. The summed E-state index contributed by atoms with van der Waals surface area (Å²) >= 11 is 0. The maximum atomic E-state index is 9.29. The van der Waals surface area contributed by atoms with E-state index >= 15 is 0 Å². The predicted octanol–water partition coefficient (Wildman–Crippen LogP) is 0.171. The Morgan fingerprint density at radius 2 is 2.40 bits per heavy atom. The Bertz CT molecular complexity index is 105. The molecule has 0 amide bonds. The molecule has 1 saturated heterocycles. The first-order chi connectivity index (χ1) is 4.74. The fourth-order valence-corrected chi connectivity index (χ4v) is 1.25. The molecule has 0 aromatic heterocycles. The SMILES string of the molecule is COC[C@H]1O[C@H](C)CC1O. The van der Waals surface area contributed by atoms with E-state index in [0.717, 1.165) is 6.42 Å². The largest absolute Gasteiger partial charge is 0.390 e. The van der Waals surface area contributed by atoms with Gasteiger partial charge < -0.3 is 14.6 Å². The highest BCUT2D eigenvalue weighted by Crippen LogP contribution is 2.19. The molecule has 0 aromatic rings. The van der Waals surface area contributed by atoms with Gasteiger partial charge in [0.15, 0.2) is 0 Å². The topological polar surface area (TPSA) is 38.7 Å². The molecular formula is C7H14O3. The van der Waals surface area contributed by atoms with Crippen molar-refractivity contribution >= 4 is 0 Å². The van der Waals surface area contributed by atoms with Crippen molar-refractivity contribution in [3.8, 4) is 0 Å². The number of aliphatic hydroxyl groups is 1. The average Bonchev–Trinajstić information content (AvgIpc) is 2.13. The normalized spacial score (nSPS) is 40.5. The molecule has 0 spiro atoms. The van der Waals surface area contributed by atoms with Crippen LogP contribution in [0.3, 0.4) is 0 Å². The molecular weight excluding hydrogens is 132 g/mol. The Morgan fingerprint density at radius 1 is 1.70 bits per heavy atom. The molecule has 1 unspecified atom stereocenters. The molecule has 1 fully saturated rings. The maximum Gasteiger partial charge on any atom is 0.107 e. The Morgan fingerprint density at radius 3 is 2.80 bits per heavy atom. The third kappa shape index (κ3) is 1.68. The lowest BCUT2D eigenvalue weighted by Gasteiger charge is -2.11. The minimum atomic E-state index is -0.338. The van der Waals surface area contributed by atoms with E-state index in [1.54, 1.807) is 7.11 Å².